The minimum Gasteiger partial charge on any atom is -0.389 e. The van der Waals surface area contributed by atoms with Crippen LogP contribution in [0.2, 0.25) is 0 Å². The Labute approximate surface area is 128 Å². The molecule has 1 unspecified atom stereocenters. The first-order valence-corrected chi connectivity index (χ1v) is 7.24. The Balaban J connectivity index is 2.01. The molecule has 0 aromatic heterocycles. The molecular weight excluding hydrogens is 296 g/mol. The summed E-state index contributed by atoms with van der Waals surface area (Å²) in [5.41, 5.74) is 5.39. The van der Waals surface area contributed by atoms with Crippen molar-refractivity contribution in [2.45, 2.75) is 13.0 Å². The van der Waals surface area contributed by atoms with E-state index in [0.717, 1.165) is 19.6 Å². The van der Waals surface area contributed by atoms with E-state index < -0.39 is 11.6 Å². The summed E-state index contributed by atoms with van der Waals surface area (Å²) in [4.78, 5) is 2.07. The fraction of sp³-hybridized carbons (Fsp3) is 0.500. The molecule has 4 nitrogen and oxygen atoms in total. The predicted octanol–water partition coefficient (Wildman–Crippen LogP) is 1.73. The normalized spacial score (nSPS) is 17.5. The molecule has 7 heteroatoms. The van der Waals surface area contributed by atoms with E-state index in [1.807, 2.05) is 6.92 Å². The van der Waals surface area contributed by atoms with Crippen LogP contribution >= 0.6 is 12.2 Å². The first-order valence-electron chi connectivity index (χ1n) is 6.83. The van der Waals surface area contributed by atoms with Gasteiger partial charge in [0.1, 0.15) is 4.99 Å². The molecule has 1 aliphatic heterocycles. The molecular formula is C14H19F2N3OS. The molecule has 116 valence electrons. The molecule has 1 aromatic rings. The smallest absolute Gasteiger partial charge is 0.182 e. The largest absolute Gasteiger partial charge is 0.389 e. The third-order valence-corrected chi connectivity index (χ3v) is 3.61. The van der Waals surface area contributed by atoms with Crippen LogP contribution in [0.3, 0.4) is 0 Å². The maximum absolute atomic E-state index is 14.0. The Bertz CT molecular complexity index is 521. The number of hydrogen-bond donors (Lipinski definition) is 2. The molecule has 0 saturated carbocycles. The molecule has 1 aliphatic rings. The lowest BCUT2D eigenvalue weighted by molar-refractivity contribution is 0.0368. The second kappa shape index (κ2) is 7.11. The minimum atomic E-state index is -1.01. The van der Waals surface area contributed by atoms with Gasteiger partial charge in [-0.05, 0) is 19.1 Å². The monoisotopic (exact) mass is 315 g/mol. The van der Waals surface area contributed by atoms with Crippen LogP contribution in [-0.4, -0.2) is 48.8 Å². The van der Waals surface area contributed by atoms with Crippen LogP contribution in [0.5, 0.6) is 0 Å². The number of ether oxygens (including phenoxy) is 1. The van der Waals surface area contributed by atoms with Gasteiger partial charge in [-0.2, -0.15) is 0 Å². The molecule has 0 amide bonds. The Morgan fingerprint density at radius 1 is 1.38 bits per heavy atom. The number of nitrogens with one attached hydrogen (secondary N) is 1. The van der Waals surface area contributed by atoms with Gasteiger partial charge in [0.15, 0.2) is 11.6 Å². The second-order valence-corrected chi connectivity index (χ2v) is 5.55. The Hall–Kier alpha value is -1.31. The molecule has 1 heterocycles. The number of anilines is 1. The summed E-state index contributed by atoms with van der Waals surface area (Å²) in [6, 6.07) is 2.83. The fourth-order valence-electron chi connectivity index (χ4n) is 2.33. The third kappa shape index (κ3) is 4.09. The van der Waals surface area contributed by atoms with E-state index in [2.05, 4.69) is 22.4 Å². The van der Waals surface area contributed by atoms with Crippen LogP contribution in [-0.2, 0) is 4.74 Å². The van der Waals surface area contributed by atoms with Crippen LogP contribution in [0.15, 0.2) is 12.1 Å². The lowest BCUT2D eigenvalue weighted by Gasteiger charge is -2.29. The highest BCUT2D eigenvalue weighted by molar-refractivity contribution is 7.80. The van der Waals surface area contributed by atoms with Crippen LogP contribution in [0, 0.1) is 11.6 Å². The van der Waals surface area contributed by atoms with E-state index >= 15 is 0 Å². The molecule has 0 aliphatic carbocycles. The minimum absolute atomic E-state index is 0.0207. The highest BCUT2D eigenvalue weighted by Crippen LogP contribution is 2.21. The van der Waals surface area contributed by atoms with Gasteiger partial charge in [-0.1, -0.05) is 12.2 Å². The Kier molecular flexibility index (Phi) is 5.44. The van der Waals surface area contributed by atoms with E-state index in [1.54, 1.807) is 0 Å². The summed E-state index contributed by atoms with van der Waals surface area (Å²) in [5.74, 6) is -1.96. The first-order chi connectivity index (χ1) is 9.99. The molecule has 1 atom stereocenters. The zero-order chi connectivity index (χ0) is 15.4. The van der Waals surface area contributed by atoms with Crippen LogP contribution in [0.25, 0.3) is 0 Å². The van der Waals surface area contributed by atoms with Gasteiger partial charge in [-0.15, -0.1) is 0 Å². The predicted molar refractivity (Wildman–Crippen MR) is 82.6 cm³/mol. The van der Waals surface area contributed by atoms with Crippen molar-refractivity contribution in [1.82, 2.24) is 4.90 Å². The molecule has 0 spiro atoms. The Morgan fingerprint density at radius 3 is 2.67 bits per heavy atom. The number of benzene rings is 1. The van der Waals surface area contributed by atoms with E-state index in [-0.39, 0.29) is 22.3 Å². The van der Waals surface area contributed by atoms with Crippen molar-refractivity contribution in [3.8, 4) is 0 Å². The SMILES string of the molecule is CC(CN1CCOCC1)Nc1ccc(C(N)=S)c(F)c1F. The van der Waals surface area contributed by atoms with Gasteiger partial charge in [-0.25, -0.2) is 8.78 Å². The van der Waals surface area contributed by atoms with Crippen LogP contribution in [0.1, 0.15) is 12.5 Å². The average molecular weight is 315 g/mol. The highest BCUT2D eigenvalue weighted by atomic mass is 32.1. The summed E-state index contributed by atoms with van der Waals surface area (Å²) in [6.07, 6.45) is 0. The molecule has 0 radical (unpaired) electrons. The van der Waals surface area contributed by atoms with Crippen LogP contribution < -0.4 is 11.1 Å². The van der Waals surface area contributed by atoms with E-state index in [1.165, 1.54) is 12.1 Å². The summed E-state index contributed by atoms with van der Waals surface area (Å²) in [6.45, 7) is 5.78. The number of hydrogen-bond acceptors (Lipinski definition) is 4. The summed E-state index contributed by atoms with van der Waals surface area (Å²) in [5, 5.41) is 2.98. The van der Waals surface area contributed by atoms with Crippen molar-refractivity contribution in [1.29, 1.82) is 0 Å². The van der Waals surface area contributed by atoms with Crippen molar-refractivity contribution in [3.63, 3.8) is 0 Å². The maximum atomic E-state index is 14.0. The topological polar surface area (TPSA) is 50.5 Å². The summed E-state index contributed by atoms with van der Waals surface area (Å²) >= 11 is 4.68. The first kappa shape index (κ1) is 16.1. The number of nitrogens with zero attached hydrogens (tertiary/aromatic N) is 1. The average Bonchev–Trinajstić information content (AvgIpc) is 2.44. The molecule has 3 N–H and O–H groups in total. The highest BCUT2D eigenvalue weighted by Gasteiger charge is 2.18. The zero-order valence-corrected chi connectivity index (χ0v) is 12.7. The van der Waals surface area contributed by atoms with E-state index in [0.29, 0.717) is 13.2 Å². The van der Waals surface area contributed by atoms with Crippen molar-refractivity contribution >= 4 is 22.9 Å². The summed E-state index contributed by atoms with van der Waals surface area (Å²) in [7, 11) is 0. The fourth-order valence-corrected chi connectivity index (χ4v) is 2.49. The third-order valence-electron chi connectivity index (χ3n) is 3.39. The van der Waals surface area contributed by atoms with Crippen molar-refractivity contribution < 1.29 is 13.5 Å². The van der Waals surface area contributed by atoms with Gasteiger partial charge >= 0.3 is 0 Å². The van der Waals surface area contributed by atoms with Crippen molar-refractivity contribution in [2.75, 3.05) is 38.2 Å². The quantitative estimate of drug-likeness (QED) is 0.811. The molecule has 0 bridgehead atoms. The zero-order valence-electron chi connectivity index (χ0n) is 11.9. The van der Waals surface area contributed by atoms with Gasteiger partial charge in [-0.3, -0.25) is 4.90 Å². The van der Waals surface area contributed by atoms with Gasteiger partial charge in [0.05, 0.1) is 18.9 Å². The molecule has 1 aromatic carbocycles. The molecule has 1 saturated heterocycles. The number of rotatable bonds is 5. The van der Waals surface area contributed by atoms with E-state index in [9.17, 15) is 8.78 Å². The van der Waals surface area contributed by atoms with Gasteiger partial charge in [0.25, 0.3) is 0 Å². The lowest BCUT2D eigenvalue weighted by atomic mass is 10.1. The molecule has 2 rings (SSSR count). The van der Waals surface area contributed by atoms with Crippen LogP contribution in [0.4, 0.5) is 14.5 Å². The molecule has 1 fully saturated rings. The van der Waals surface area contributed by atoms with E-state index in [4.69, 9.17) is 10.5 Å². The Morgan fingerprint density at radius 2 is 2.05 bits per heavy atom. The number of thiocarbonyl (C=S) groups is 1. The summed E-state index contributed by atoms with van der Waals surface area (Å²) < 4.78 is 33.1. The number of halogens is 2. The number of morpholine rings is 1. The second-order valence-electron chi connectivity index (χ2n) is 5.11. The van der Waals surface area contributed by atoms with Crippen molar-refractivity contribution in [3.05, 3.63) is 29.3 Å². The lowest BCUT2D eigenvalue weighted by Crippen LogP contribution is -2.42. The maximum Gasteiger partial charge on any atom is 0.182 e. The number of nitrogens with two attached hydrogens (primary N) is 1. The van der Waals surface area contributed by atoms with Gasteiger partial charge in [0, 0.05) is 31.2 Å². The standard InChI is InChI=1S/C14H19F2N3OS/c1-9(8-19-4-6-20-7-5-19)18-11-3-2-10(14(17)21)12(15)13(11)16/h2-3,9,18H,4-8H2,1H3,(H2,17,21). The van der Waals surface area contributed by atoms with Crippen molar-refractivity contribution in [2.24, 2.45) is 5.73 Å². The van der Waals surface area contributed by atoms with Gasteiger partial charge < -0.3 is 15.8 Å². The molecule has 21 heavy (non-hydrogen) atoms. The van der Waals surface area contributed by atoms with Gasteiger partial charge in [0.2, 0.25) is 0 Å².